The molecule has 0 radical (unpaired) electrons. The summed E-state index contributed by atoms with van der Waals surface area (Å²) in [5.41, 5.74) is 17.0. The second-order valence-electron chi connectivity index (χ2n) is 15.0. The van der Waals surface area contributed by atoms with Crippen molar-refractivity contribution in [3.05, 3.63) is 150 Å². The van der Waals surface area contributed by atoms with Crippen LogP contribution in [-0.2, 0) is 5.41 Å². The Morgan fingerprint density at radius 3 is 1.60 bits per heavy atom. The predicted molar refractivity (Wildman–Crippen MR) is 208 cm³/mol. The van der Waals surface area contributed by atoms with E-state index in [1.54, 1.807) is 0 Å². The molecule has 8 rings (SSSR count). The van der Waals surface area contributed by atoms with Crippen molar-refractivity contribution in [1.29, 1.82) is 0 Å². The minimum absolute atomic E-state index is 0.152. The Labute approximate surface area is 285 Å². The Morgan fingerprint density at radius 2 is 1.00 bits per heavy atom. The molecule has 7 aromatic carbocycles. The van der Waals surface area contributed by atoms with Gasteiger partial charge in [-0.15, -0.1) is 0 Å². The standard InChI is InChI=1S/C47H43N/c1-29(2)33-12-9-13-40(23-33)48(46-30(3)10-8-11-31(46)4)41-21-18-36-26-43-42-25-35-15-14-34(32-16-19-39(20-17-32)47(5,6)7)22-37(35)27-44(42)45(43)28-38(36)24-41/h8-29H,1-7H3. The van der Waals surface area contributed by atoms with Gasteiger partial charge in [-0.05, 0) is 157 Å². The molecule has 0 aliphatic heterocycles. The summed E-state index contributed by atoms with van der Waals surface area (Å²) in [5, 5.41) is 5.12. The van der Waals surface area contributed by atoms with Gasteiger partial charge in [-0.1, -0.05) is 107 Å². The number of rotatable bonds is 5. The fourth-order valence-electron chi connectivity index (χ4n) is 7.48. The lowest BCUT2D eigenvalue weighted by molar-refractivity contribution is 0.590. The largest absolute Gasteiger partial charge is 0.310 e. The smallest absolute Gasteiger partial charge is 0.0519 e. The lowest BCUT2D eigenvalue weighted by Crippen LogP contribution is -2.13. The van der Waals surface area contributed by atoms with Crippen molar-refractivity contribution in [2.75, 3.05) is 4.90 Å². The van der Waals surface area contributed by atoms with Gasteiger partial charge in [0.25, 0.3) is 0 Å². The predicted octanol–water partition coefficient (Wildman–Crippen LogP) is 13.8. The number of para-hydroxylation sites is 1. The van der Waals surface area contributed by atoms with E-state index in [4.69, 9.17) is 0 Å². The van der Waals surface area contributed by atoms with E-state index >= 15 is 0 Å². The number of aryl methyl sites for hydroxylation is 2. The molecule has 0 bridgehead atoms. The summed E-state index contributed by atoms with van der Waals surface area (Å²) in [6.07, 6.45) is 0. The molecule has 0 heterocycles. The summed E-state index contributed by atoms with van der Waals surface area (Å²) in [6.45, 7) is 15.8. The molecule has 0 atom stereocenters. The molecule has 0 N–H and O–H groups in total. The van der Waals surface area contributed by atoms with Crippen LogP contribution in [0.2, 0.25) is 0 Å². The Balaban J connectivity index is 1.21. The molecule has 236 valence electrons. The van der Waals surface area contributed by atoms with E-state index in [2.05, 4.69) is 181 Å². The lowest BCUT2D eigenvalue weighted by atomic mass is 9.77. The Kier molecular flexibility index (Phi) is 7.07. The Bertz CT molecular complexity index is 2350. The van der Waals surface area contributed by atoms with Gasteiger partial charge in [-0.3, -0.25) is 0 Å². The van der Waals surface area contributed by atoms with Crippen molar-refractivity contribution in [1.82, 2.24) is 0 Å². The number of hydrogen-bond donors (Lipinski definition) is 0. The zero-order valence-electron chi connectivity index (χ0n) is 29.1. The molecule has 0 saturated carbocycles. The number of fused-ring (bicyclic) bond motifs is 6. The Hall–Kier alpha value is -5.14. The van der Waals surface area contributed by atoms with Crippen molar-refractivity contribution < 1.29 is 0 Å². The zero-order chi connectivity index (χ0) is 33.3. The molecule has 1 aliphatic carbocycles. The fourth-order valence-corrected chi connectivity index (χ4v) is 7.48. The third-order valence-electron chi connectivity index (χ3n) is 10.3. The third kappa shape index (κ3) is 5.10. The molecule has 1 aliphatic rings. The second kappa shape index (κ2) is 11.2. The average molecular weight is 622 g/mol. The van der Waals surface area contributed by atoms with Gasteiger partial charge in [0.1, 0.15) is 0 Å². The molecule has 0 aromatic heterocycles. The highest BCUT2D eigenvalue weighted by Gasteiger charge is 2.25. The zero-order valence-corrected chi connectivity index (χ0v) is 29.1. The monoisotopic (exact) mass is 621 g/mol. The molecule has 0 spiro atoms. The maximum Gasteiger partial charge on any atom is 0.0519 e. The average Bonchev–Trinajstić information content (AvgIpc) is 3.07. The third-order valence-corrected chi connectivity index (χ3v) is 10.3. The van der Waals surface area contributed by atoms with E-state index in [0.29, 0.717) is 5.92 Å². The second-order valence-corrected chi connectivity index (χ2v) is 15.0. The van der Waals surface area contributed by atoms with Gasteiger partial charge >= 0.3 is 0 Å². The molecule has 48 heavy (non-hydrogen) atoms. The van der Waals surface area contributed by atoms with E-state index < -0.39 is 0 Å². The lowest BCUT2D eigenvalue weighted by Gasteiger charge is -2.30. The van der Waals surface area contributed by atoms with Gasteiger partial charge < -0.3 is 4.90 Å². The minimum atomic E-state index is 0.152. The van der Waals surface area contributed by atoms with Crippen LogP contribution >= 0.6 is 0 Å². The summed E-state index contributed by atoms with van der Waals surface area (Å²) >= 11 is 0. The van der Waals surface area contributed by atoms with Crippen molar-refractivity contribution in [3.8, 4) is 33.4 Å². The summed E-state index contributed by atoms with van der Waals surface area (Å²) in [6, 6.07) is 48.2. The van der Waals surface area contributed by atoms with Crippen molar-refractivity contribution in [3.63, 3.8) is 0 Å². The van der Waals surface area contributed by atoms with Crippen LogP contribution in [0.3, 0.4) is 0 Å². The van der Waals surface area contributed by atoms with Gasteiger partial charge in [0.05, 0.1) is 5.69 Å². The molecular weight excluding hydrogens is 579 g/mol. The van der Waals surface area contributed by atoms with E-state index in [1.807, 2.05) is 0 Å². The number of benzene rings is 7. The first-order chi connectivity index (χ1) is 23.0. The Morgan fingerprint density at radius 1 is 0.479 bits per heavy atom. The van der Waals surface area contributed by atoms with E-state index in [-0.39, 0.29) is 5.41 Å². The molecule has 0 amide bonds. The molecule has 1 nitrogen and oxygen atoms in total. The summed E-state index contributed by atoms with van der Waals surface area (Å²) in [4.78, 5) is 2.45. The van der Waals surface area contributed by atoms with Crippen LogP contribution in [0.4, 0.5) is 17.1 Å². The van der Waals surface area contributed by atoms with Gasteiger partial charge in [0.2, 0.25) is 0 Å². The first kappa shape index (κ1) is 30.2. The van der Waals surface area contributed by atoms with E-state index in [0.717, 1.165) is 0 Å². The van der Waals surface area contributed by atoms with Crippen LogP contribution in [0.15, 0.2) is 127 Å². The van der Waals surface area contributed by atoms with Gasteiger partial charge in [-0.25, -0.2) is 0 Å². The first-order valence-electron chi connectivity index (χ1n) is 17.3. The quantitative estimate of drug-likeness (QED) is 0.185. The van der Waals surface area contributed by atoms with Gasteiger partial charge in [0, 0.05) is 11.4 Å². The van der Waals surface area contributed by atoms with Crippen LogP contribution in [0, 0.1) is 13.8 Å². The normalized spacial score (nSPS) is 12.2. The van der Waals surface area contributed by atoms with Crippen LogP contribution in [0.1, 0.15) is 62.8 Å². The molecule has 0 fully saturated rings. The topological polar surface area (TPSA) is 3.24 Å². The van der Waals surface area contributed by atoms with Crippen LogP contribution in [0.25, 0.3) is 54.9 Å². The highest BCUT2D eigenvalue weighted by Crippen LogP contribution is 2.51. The van der Waals surface area contributed by atoms with Gasteiger partial charge in [0.15, 0.2) is 0 Å². The molecule has 0 saturated heterocycles. The number of nitrogens with zero attached hydrogens (tertiary/aromatic N) is 1. The van der Waals surface area contributed by atoms with Crippen LogP contribution < -0.4 is 4.90 Å². The summed E-state index contributed by atoms with van der Waals surface area (Å²) < 4.78 is 0. The molecule has 0 unspecified atom stereocenters. The van der Waals surface area contributed by atoms with Crippen LogP contribution in [-0.4, -0.2) is 0 Å². The molecule has 1 heteroatoms. The highest BCUT2D eigenvalue weighted by molar-refractivity contribution is 6.12. The molecular formula is C47H43N. The fraction of sp³-hybridized carbons (Fsp3) is 0.191. The SMILES string of the molecule is Cc1cccc(C)c1N(c1cccc(C(C)C)c1)c1ccc2cc3c(cc2c1)-c1cc2cc(-c4ccc(C(C)(C)C)cc4)ccc2cc1-3. The van der Waals surface area contributed by atoms with Crippen molar-refractivity contribution in [2.24, 2.45) is 0 Å². The summed E-state index contributed by atoms with van der Waals surface area (Å²) in [5.74, 6) is 0.460. The number of hydrogen-bond acceptors (Lipinski definition) is 1. The van der Waals surface area contributed by atoms with Crippen LogP contribution in [0.5, 0.6) is 0 Å². The summed E-state index contributed by atoms with van der Waals surface area (Å²) in [7, 11) is 0. The van der Waals surface area contributed by atoms with Gasteiger partial charge in [-0.2, -0.15) is 0 Å². The number of anilines is 3. The minimum Gasteiger partial charge on any atom is -0.310 e. The maximum atomic E-state index is 2.45. The molecule has 7 aromatic rings. The van der Waals surface area contributed by atoms with Crippen molar-refractivity contribution >= 4 is 38.6 Å². The van der Waals surface area contributed by atoms with Crippen molar-refractivity contribution in [2.45, 2.75) is 59.8 Å². The highest BCUT2D eigenvalue weighted by atomic mass is 15.1. The van der Waals surface area contributed by atoms with E-state index in [9.17, 15) is 0 Å². The maximum absolute atomic E-state index is 2.45. The van der Waals surface area contributed by atoms with E-state index in [1.165, 1.54) is 94.2 Å². The first-order valence-corrected chi connectivity index (χ1v) is 17.3.